The normalized spacial score (nSPS) is 10.7. The molecule has 0 aliphatic rings. The number of benzene rings is 2. The summed E-state index contributed by atoms with van der Waals surface area (Å²) in [6, 6.07) is 9.05. The fourth-order valence-corrected chi connectivity index (χ4v) is 2.93. The molecule has 2 aromatic rings. The summed E-state index contributed by atoms with van der Waals surface area (Å²) in [4.78, 5) is 47.5. The van der Waals surface area contributed by atoms with Crippen LogP contribution in [-0.4, -0.2) is 42.0 Å². The Kier molecular flexibility index (Phi) is 10.3. The second kappa shape index (κ2) is 13.1. The van der Waals surface area contributed by atoms with Gasteiger partial charge in [-0.25, -0.2) is 0 Å². The number of hydrogen-bond acceptors (Lipinski definition) is 6. The highest BCUT2D eigenvalue weighted by atomic mass is 16.5. The van der Waals surface area contributed by atoms with Gasteiger partial charge < -0.3 is 30.9 Å². The Labute approximate surface area is 210 Å². The summed E-state index contributed by atoms with van der Waals surface area (Å²) in [5.41, 5.74) is 6.57. The number of carboxylic acid groups (broad SMARTS) is 1. The van der Waals surface area contributed by atoms with Gasteiger partial charge in [0.25, 0.3) is 5.91 Å². The fourth-order valence-electron chi connectivity index (χ4n) is 2.93. The van der Waals surface area contributed by atoms with Crippen LogP contribution in [0.15, 0.2) is 36.4 Å². The predicted molar refractivity (Wildman–Crippen MR) is 136 cm³/mol. The van der Waals surface area contributed by atoms with Gasteiger partial charge in [-0.2, -0.15) is 0 Å². The number of aliphatic carboxylic acids is 1. The lowest BCUT2D eigenvalue weighted by Crippen LogP contribution is -2.17. The third kappa shape index (κ3) is 8.94. The first kappa shape index (κ1) is 28.2. The average Bonchev–Trinajstić information content (AvgIpc) is 2.81. The molecule has 0 atom stereocenters. The molecule has 36 heavy (non-hydrogen) atoms. The van der Waals surface area contributed by atoms with Crippen LogP contribution >= 0.6 is 0 Å². The van der Waals surface area contributed by atoms with Crippen LogP contribution in [-0.2, 0) is 9.59 Å². The summed E-state index contributed by atoms with van der Waals surface area (Å²) in [5, 5.41) is 14.2. The van der Waals surface area contributed by atoms with Crippen LogP contribution in [0.3, 0.4) is 0 Å². The lowest BCUT2D eigenvalue weighted by Gasteiger charge is -2.17. The van der Waals surface area contributed by atoms with Crippen LogP contribution < -0.4 is 25.8 Å². The van der Waals surface area contributed by atoms with Crippen molar-refractivity contribution in [2.45, 2.75) is 40.5 Å². The smallest absolute Gasteiger partial charge is 0.303 e. The maximum Gasteiger partial charge on any atom is 0.303 e. The monoisotopic (exact) mass is 499 g/mol. The van der Waals surface area contributed by atoms with Crippen molar-refractivity contribution in [3.63, 3.8) is 0 Å². The van der Waals surface area contributed by atoms with E-state index in [9.17, 15) is 19.2 Å². The summed E-state index contributed by atoms with van der Waals surface area (Å²) < 4.78 is 11.6. The van der Waals surface area contributed by atoms with Gasteiger partial charge in [0.15, 0.2) is 0 Å². The van der Waals surface area contributed by atoms with Crippen molar-refractivity contribution in [3.05, 3.63) is 47.5 Å². The van der Waals surface area contributed by atoms with Gasteiger partial charge in [-0.05, 0) is 48.2 Å². The van der Waals surface area contributed by atoms with E-state index in [0.29, 0.717) is 30.3 Å². The molecule has 0 radical (unpaired) electrons. The molecule has 10 heteroatoms. The Morgan fingerprint density at radius 1 is 0.806 bits per heavy atom. The molecule has 0 bridgehead atoms. The summed E-state index contributed by atoms with van der Waals surface area (Å²) in [6.07, 6.45) is -0.494. The van der Waals surface area contributed by atoms with Crippen LogP contribution in [0.4, 0.5) is 11.4 Å². The number of carbonyl (C=O) groups excluding carboxylic acids is 3. The first-order valence-electron chi connectivity index (χ1n) is 11.6. The number of nitrogens with two attached hydrogens (primary N) is 1. The van der Waals surface area contributed by atoms with Crippen LogP contribution in [0.2, 0.25) is 0 Å². The van der Waals surface area contributed by atoms with Gasteiger partial charge >= 0.3 is 5.97 Å². The third-order valence-corrected chi connectivity index (χ3v) is 4.74. The molecule has 0 saturated carbocycles. The molecule has 0 heterocycles. The Morgan fingerprint density at radius 2 is 1.31 bits per heavy atom. The SMILES string of the molecule is CC(C)COc1cc(C(=O)Nc2ccc(C(N)=O)cc2OCC(C)C)ccc1NC(=O)CCC(=O)O. The molecule has 3 amide bonds. The zero-order valence-corrected chi connectivity index (χ0v) is 20.9. The predicted octanol–water partition coefficient (Wildman–Crippen LogP) is 3.91. The van der Waals surface area contributed by atoms with Crippen molar-refractivity contribution in [3.8, 4) is 11.5 Å². The fraction of sp³-hybridized carbons (Fsp3) is 0.385. The van der Waals surface area contributed by atoms with Crippen LogP contribution in [0.5, 0.6) is 11.5 Å². The molecule has 0 unspecified atom stereocenters. The Morgan fingerprint density at radius 3 is 1.81 bits per heavy atom. The molecular weight excluding hydrogens is 466 g/mol. The van der Waals surface area contributed by atoms with E-state index in [4.69, 9.17) is 20.3 Å². The Bertz CT molecular complexity index is 1110. The van der Waals surface area contributed by atoms with Crippen molar-refractivity contribution in [2.75, 3.05) is 23.8 Å². The van der Waals surface area contributed by atoms with Crippen LogP contribution in [0, 0.1) is 11.8 Å². The molecule has 2 aromatic carbocycles. The van der Waals surface area contributed by atoms with E-state index in [-0.39, 0.29) is 41.6 Å². The topological polar surface area (TPSA) is 157 Å². The Hall–Kier alpha value is -4.08. The van der Waals surface area contributed by atoms with Gasteiger partial charge in [0, 0.05) is 17.5 Å². The number of nitrogens with one attached hydrogen (secondary N) is 2. The number of carboxylic acids is 1. The van der Waals surface area contributed by atoms with E-state index < -0.39 is 23.7 Å². The summed E-state index contributed by atoms with van der Waals surface area (Å²) in [5.74, 6) is -1.65. The molecule has 0 aliphatic heterocycles. The van der Waals surface area contributed by atoms with E-state index in [1.165, 1.54) is 30.3 Å². The largest absolute Gasteiger partial charge is 0.491 e. The van der Waals surface area contributed by atoms with E-state index >= 15 is 0 Å². The van der Waals surface area contributed by atoms with E-state index in [0.717, 1.165) is 0 Å². The molecule has 0 fully saturated rings. The second-order valence-corrected chi connectivity index (χ2v) is 9.09. The molecule has 5 N–H and O–H groups in total. The summed E-state index contributed by atoms with van der Waals surface area (Å²) >= 11 is 0. The zero-order chi connectivity index (χ0) is 26.8. The van der Waals surface area contributed by atoms with Crippen molar-refractivity contribution >= 4 is 35.1 Å². The second-order valence-electron chi connectivity index (χ2n) is 9.09. The van der Waals surface area contributed by atoms with Crippen molar-refractivity contribution < 1.29 is 33.8 Å². The highest BCUT2D eigenvalue weighted by Gasteiger charge is 2.17. The number of amides is 3. The first-order valence-corrected chi connectivity index (χ1v) is 11.6. The van der Waals surface area contributed by atoms with Gasteiger partial charge in [-0.3, -0.25) is 19.2 Å². The summed E-state index contributed by atoms with van der Waals surface area (Å²) in [7, 11) is 0. The standard InChI is InChI=1S/C26H33N3O7/c1-15(2)13-35-21-11-17(25(27)33)5-7-20(21)29-26(34)18-6-8-19(22(12-18)36-14-16(3)4)28-23(30)9-10-24(31)32/h5-8,11-12,15-16H,9-10,13-14H2,1-4H3,(H2,27,33)(H,28,30)(H,29,34)(H,31,32). The number of ether oxygens (including phenoxy) is 2. The van der Waals surface area contributed by atoms with Gasteiger partial charge in [0.1, 0.15) is 11.5 Å². The van der Waals surface area contributed by atoms with E-state index in [1.54, 1.807) is 6.07 Å². The zero-order valence-electron chi connectivity index (χ0n) is 20.9. The average molecular weight is 500 g/mol. The number of carbonyl (C=O) groups is 4. The number of rotatable bonds is 13. The van der Waals surface area contributed by atoms with Gasteiger partial charge in [-0.15, -0.1) is 0 Å². The van der Waals surface area contributed by atoms with Gasteiger partial charge in [-0.1, -0.05) is 27.7 Å². The molecule has 194 valence electrons. The van der Waals surface area contributed by atoms with Crippen LogP contribution in [0.1, 0.15) is 61.3 Å². The molecule has 0 aliphatic carbocycles. The lowest BCUT2D eigenvalue weighted by molar-refractivity contribution is -0.138. The number of hydrogen-bond donors (Lipinski definition) is 4. The Balaban J connectivity index is 2.29. The molecular formula is C26H33N3O7. The van der Waals surface area contributed by atoms with E-state index in [2.05, 4.69) is 10.6 Å². The van der Waals surface area contributed by atoms with E-state index in [1.807, 2.05) is 27.7 Å². The minimum atomic E-state index is -1.07. The lowest BCUT2D eigenvalue weighted by atomic mass is 10.1. The van der Waals surface area contributed by atoms with Crippen molar-refractivity contribution in [1.82, 2.24) is 0 Å². The maximum atomic E-state index is 13.1. The number of anilines is 2. The highest BCUT2D eigenvalue weighted by Crippen LogP contribution is 2.30. The minimum absolute atomic E-state index is 0.183. The van der Waals surface area contributed by atoms with Gasteiger partial charge in [0.05, 0.1) is 31.0 Å². The van der Waals surface area contributed by atoms with Crippen molar-refractivity contribution in [2.24, 2.45) is 17.6 Å². The highest BCUT2D eigenvalue weighted by molar-refractivity contribution is 6.06. The maximum absolute atomic E-state index is 13.1. The van der Waals surface area contributed by atoms with Crippen molar-refractivity contribution in [1.29, 1.82) is 0 Å². The quantitative estimate of drug-likeness (QED) is 0.325. The number of primary amides is 1. The first-order chi connectivity index (χ1) is 17.0. The van der Waals surface area contributed by atoms with Crippen LogP contribution in [0.25, 0.3) is 0 Å². The third-order valence-electron chi connectivity index (χ3n) is 4.74. The molecule has 0 aromatic heterocycles. The van der Waals surface area contributed by atoms with Gasteiger partial charge in [0.2, 0.25) is 11.8 Å². The molecule has 0 spiro atoms. The summed E-state index contributed by atoms with van der Waals surface area (Å²) in [6.45, 7) is 8.55. The molecule has 0 saturated heterocycles. The minimum Gasteiger partial charge on any atom is -0.491 e. The molecule has 2 rings (SSSR count). The molecule has 10 nitrogen and oxygen atoms in total.